The highest BCUT2D eigenvalue weighted by Gasteiger charge is 2.08. The van der Waals surface area contributed by atoms with E-state index in [2.05, 4.69) is 26.7 Å². The molecule has 5 heteroatoms. The molecule has 1 aromatic heterocycles. The minimum Gasteiger partial charge on any atom is -0.351 e. The maximum absolute atomic E-state index is 11.9. The summed E-state index contributed by atoms with van der Waals surface area (Å²) in [6.07, 6.45) is 2.48. The summed E-state index contributed by atoms with van der Waals surface area (Å²) in [5.41, 5.74) is 3.60. The molecule has 0 saturated heterocycles. The maximum atomic E-state index is 11.9. The Morgan fingerprint density at radius 3 is 2.57 bits per heavy atom. The number of carbonyl (C=O) groups excluding carboxylic acids is 1. The number of benzene rings is 1. The number of nitrogens with zero attached hydrogens (tertiary/aromatic N) is 2. The Morgan fingerprint density at radius 2 is 1.90 bits per heavy atom. The zero-order valence-corrected chi connectivity index (χ0v) is 12.6. The first-order valence-electron chi connectivity index (χ1n) is 7.05. The predicted molar refractivity (Wildman–Crippen MR) is 83.9 cm³/mol. The number of rotatable bonds is 5. The summed E-state index contributed by atoms with van der Waals surface area (Å²) in [5.74, 6) is 0.242. The molecule has 2 aromatic rings. The van der Waals surface area contributed by atoms with Crippen molar-refractivity contribution in [1.82, 2.24) is 15.3 Å². The van der Waals surface area contributed by atoms with E-state index in [1.54, 1.807) is 12.3 Å². The summed E-state index contributed by atoms with van der Waals surface area (Å²) in [6.45, 7) is 6.72. The number of anilines is 2. The van der Waals surface area contributed by atoms with Gasteiger partial charge in [0.1, 0.15) is 5.69 Å². The SMILES string of the molecule is CCCNC(=O)c1ccnc(Nc2cc(C)cc(C)c2)n1. The van der Waals surface area contributed by atoms with Crippen LogP contribution in [0.2, 0.25) is 0 Å². The van der Waals surface area contributed by atoms with E-state index >= 15 is 0 Å². The lowest BCUT2D eigenvalue weighted by Crippen LogP contribution is -2.25. The molecule has 0 saturated carbocycles. The number of hydrogen-bond acceptors (Lipinski definition) is 4. The highest BCUT2D eigenvalue weighted by Crippen LogP contribution is 2.17. The number of carbonyl (C=O) groups is 1. The Hall–Kier alpha value is -2.43. The first-order chi connectivity index (χ1) is 10.1. The van der Waals surface area contributed by atoms with Crippen molar-refractivity contribution in [2.75, 3.05) is 11.9 Å². The Balaban J connectivity index is 2.15. The van der Waals surface area contributed by atoms with E-state index < -0.39 is 0 Å². The molecule has 1 amide bonds. The van der Waals surface area contributed by atoms with Gasteiger partial charge in [0.2, 0.25) is 5.95 Å². The van der Waals surface area contributed by atoms with E-state index in [-0.39, 0.29) is 5.91 Å². The van der Waals surface area contributed by atoms with Crippen LogP contribution in [0.4, 0.5) is 11.6 Å². The second-order valence-electron chi connectivity index (χ2n) is 5.02. The van der Waals surface area contributed by atoms with Crippen molar-refractivity contribution in [1.29, 1.82) is 0 Å². The molecule has 110 valence electrons. The normalized spacial score (nSPS) is 10.2. The fraction of sp³-hybridized carbons (Fsp3) is 0.312. The van der Waals surface area contributed by atoms with Crippen LogP contribution in [0.3, 0.4) is 0 Å². The van der Waals surface area contributed by atoms with Crippen molar-refractivity contribution in [2.45, 2.75) is 27.2 Å². The van der Waals surface area contributed by atoms with Crippen molar-refractivity contribution >= 4 is 17.5 Å². The molecule has 0 aliphatic heterocycles. The van der Waals surface area contributed by atoms with E-state index in [0.717, 1.165) is 23.2 Å². The monoisotopic (exact) mass is 284 g/mol. The first-order valence-corrected chi connectivity index (χ1v) is 7.05. The number of aromatic nitrogens is 2. The summed E-state index contributed by atoms with van der Waals surface area (Å²) in [6, 6.07) is 7.73. The van der Waals surface area contributed by atoms with Gasteiger partial charge in [-0.25, -0.2) is 9.97 Å². The molecular weight excluding hydrogens is 264 g/mol. The molecule has 0 fully saturated rings. The number of hydrogen-bond donors (Lipinski definition) is 2. The van der Waals surface area contributed by atoms with Crippen LogP contribution in [-0.4, -0.2) is 22.4 Å². The topological polar surface area (TPSA) is 66.9 Å². The van der Waals surface area contributed by atoms with Crippen molar-refractivity contribution in [3.05, 3.63) is 47.3 Å². The van der Waals surface area contributed by atoms with Crippen LogP contribution in [0.25, 0.3) is 0 Å². The molecular formula is C16H20N4O. The van der Waals surface area contributed by atoms with Crippen LogP contribution < -0.4 is 10.6 Å². The van der Waals surface area contributed by atoms with E-state index in [1.165, 1.54) is 0 Å². The molecule has 0 bridgehead atoms. The average Bonchev–Trinajstić information content (AvgIpc) is 2.44. The van der Waals surface area contributed by atoms with Crippen LogP contribution in [-0.2, 0) is 0 Å². The molecule has 2 rings (SSSR count). The number of aryl methyl sites for hydroxylation is 2. The Morgan fingerprint density at radius 1 is 1.19 bits per heavy atom. The number of amides is 1. The van der Waals surface area contributed by atoms with Crippen LogP contribution in [0.1, 0.15) is 35.0 Å². The van der Waals surface area contributed by atoms with Gasteiger partial charge in [-0.3, -0.25) is 4.79 Å². The molecule has 2 N–H and O–H groups in total. The van der Waals surface area contributed by atoms with Gasteiger partial charge in [-0.2, -0.15) is 0 Å². The third-order valence-corrected chi connectivity index (χ3v) is 2.90. The molecule has 0 aliphatic carbocycles. The van der Waals surface area contributed by atoms with Crippen LogP contribution in [0, 0.1) is 13.8 Å². The summed E-state index contributed by atoms with van der Waals surface area (Å²) < 4.78 is 0. The average molecular weight is 284 g/mol. The van der Waals surface area contributed by atoms with Crippen molar-refractivity contribution in [2.24, 2.45) is 0 Å². The van der Waals surface area contributed by atoms with E-state index in [4.69, 9.17) is 0 Å². The highest BCUT2D eigenvalue weighted by molar-refractivity contribution is 5.92. The summed E-state index contributed by atoms with van der Waals surface area (Å²) in [5, 5.41) is 5.94. The van der Waals surface area contributed by atoms with Gasteiger partial charge in [-0.15, -0.1) is 0 Å². The second-order valence-corrected chi connectivity index (χ2v) is 5.02. The van der Waals surface area contributed by atoms with Gasteiger partial charge in [-0.1, -0.05) is 13.0 Å². The Kier molecular flexibility index (Phi) is 4.87. The van der Waals surface area contributed by atoms with Crippen LogP contribution >= 0.6 is 0 Å². The standard InChI is InChI=1S/C16H20N4O/c1-4-6-17-15(21)14-5-7-18-16(20-14)19-13-9-11(2)8-12(3)10-13/h5,7-10H,4,6H2,1-3H3,(H,17,21)(H,18,19,20). The highest BCUT2D eigenvalue weighted by atomic mass is 16.1. The quantitative estimate of drug-likeness (QED) is 0.885. The second kappa shape index (κ2) is 6.83. The van der Waals surface area contributed by atoms with Crippen molar-refractivity contribution < 1.29 is 4.79 Å². The molecule has 0 atom stereocenters. The predicted octanol–water partition coefficient (Wildman–Crippen LogP) is 2.98. The lowest BCUT2D eigenvalue weighted by Gasteiger charge is -2.08. The molecule has 0 spiro atoms. The fourth-order valence-corrected chi connectivity index (χ4v) is 2.05. The zero-order valence-electron chi connectivity index (χ0n) is 12.6. The van der Waals surface area contributed by atoms with Crippen LogP contribution in [0.5, 0.6) is 0 Å². The zero-order chi connectivity index (χ0) is 15.2. The van der Waals surface area contributed by atoms with E-state index in [1.807, 2.05) is 32.9 Å². The van der Waals surface area contributed by atoms with Gasteiger partial charge in [0.15, 0.2) is 0 Å². The van der Waals surface area contributed by atoms with Crippen molar-refractivity contribution in [3.8, 4) is 0 Å². The van der Waals surface area contributed by atoms with Crippen LogP contribution in [0.15, 0.2) is 30.5 Å². The molecule has 1 heterocycles. The summed E-state index contributed by atoms with van der Waals surface area (Å²) in [4.78, 5) is 20.3. The lowest BCUT2D eigenvalue weighted by molar-refractivity contribution is 0.0948. The first kappa shape index (κ1) is 15.0. The van der Waals surface area contributed by atoms with E-state index in [0.29, 0.717) is 18.2 Å². The molecule has 1 aromatic carbocycles. The maximum Gasteiger partial charge on any atom is 0.270 e. The lowest BCUT2D eigenvalue weighted by atomic mass is 10.1. The Bertz CT molecular complexity index is 620. The van der Waals surface area contributed by atoms with Gasteiger partial charge in [0, 0.05) is 18.4 Å². The minimum atomic E-state index is -0.178. The summed E-state index contributed by atoms with van der Waals surface area (Å²) >= 11 is 0. The van der Waals surface area contributed by atoms with Gasteiger partial charge < -0.3 is 10.6 Å². The molecule has 21 heavy (non-hydrogen) atoms. The van der Waals surface area contributed by atoms with Gasteiger partial charge in [0.05, 0.1) is 0 Å². The van der Waals surface area contributed by atoms with Gasteiger partial charge in [-0.05, 0) is 49.6 Å². The fourth-order valence-electron chi connectivity index (χ4n) is 2.05. The molecule has 0 radical (unpaired) electrons. The van der Waals surface area contributed by atoms with Gasteiger partial charge in [0.25, 0.3) is 5.91 Å². The van der Waals surface area contributed by atoms with Crippen molar-refractivity contribution in [3.63, 3.8) is 0 Å². The number of nitrogens with one attached hydrogen (secondary N) is 2. The minimum absolute atomic E-state index is 0.178. The summed E-state index contributed by atoms with van der Waals surface area (Å²) in [7, 11) is 0. The molecule has 5 nitrogen and oxygen atoms in total. The third-order valence-electron chi connectivity index (χ3n) is 2.90. The third kappa shape index (κ3) is 4.27. The molecule has 0 unspecified atom stereocenters. The smallest absolute Gasteiger partial charge is 0.270 e. The molecule has 0 aliphatic rings. The van der Waals surface area contributed by atoms with E-state index in [9.17, 15) is 4.79 Å². The largest absolute Gasteiger partial charge is 0.351 e. The van der Waals surface area contributed by atoms with Gasteiger partial charge >= 0.3 is 0 Å². The Labute approximate surface area is 124 Å².